The van der Waals surface area contributed by atoms with E-state index in [2.05, 4.69) is 101 Å². The summed E-state index contributed by atoms with van der Waals surface area (Å²) in [6.45, 7) is 4.77. The first-order valence-corrected chi connectivity index (χ1v) is 42.8. The van der Waals surface area contributed by atoms with E-state index in [0.717, 1.165) is 135 Å². The zero-order valence-corrected chi connectivity index (χ0v) is 65.2. The molecule has 5 atom stereocenters. The second-order valence-corrected chi connectivity index (χ2v) is 29.6. The highest BCUT2D eigenvalue weighted by Crippen LogP contribution is 2.45. The van der Waals surface area contributed by atoms with E-state index < -0.39 is 97.5 Å². The summed E-state index contributed by atoms with van der Waals surface area (Å²) in [4.78, 5) is 72.9. The lowest BCUT2D eigenvalue weighted by Crippen LogP contribution is -2.30. The van der Waals surface area contributed by atoms with Gasteiger partial charge in [0.2, 0.25) is 0 Å². The van der Waals surface area contributed by atoms with Crippen molar-refractivity contribution in [2.24, 2.45) is 0 Å². The van der Waals surface area contributed by atoms with Crippen molar-refractivity contribution in [2.45, 2.75) is 367 Å². The Morgan fingerprint density at radius 1 is 0.280 bits per heavy atom. The maximum Gasteiger partial charge on any atom is 0.472 e. The molecule has 17 nitrogen and oxygen atoms in total. The van der Waals surface area contributed by atoms with Crippen molar-refractivity contribution in [3.05, 3.63) is 85.1 Å². The Labute approximate surface area is 608 Å². The van der Waals surface area contributed by atoms with Crippen LogP contribution in [0.2, 0.25) is 0 Å². The van der Waals surface area contributed by atoms with Gasteiger partial charge in [0.1, 0.15) is 19.3 Å². The maximum absolute atomic E-state index is 13.1. The second-order valence-electron chi connectivity index (χ2n) is 26.7. The number of phosphoric ester groups is 2. The summed E-state index contributed by atoms with van der Waals surface area (Å²) < 4.78 is 68.5. The number of ether oxygens (including phenoxy) is 4. The predicted molar refractivity (Wildman–Crippen MR) is 409 cm³/mol. The van der Waals surface area contributed by atoms with Crippen molar-refractivity contribution in [1.29, 1.82) is 0 Å². The molecule has 0 aliphatic heterocycles. The van der Waals surface area contributed by atoms with Crippen molar-refractivity contribution in [2.75, 3.05) is 39.6 Å². The summed E-state index contributed by atoms with van der Waals surface area (Å²) in [6.07, 6.45) is 75.7. The van der Waals surface area contributed by atoms with Crippen LogP contribution in [0.4, 0.5) is 0 Å². The molecule has 3 N–H and O–H groups in total. The van der Waals surface area contributed by atoms with Crippen LogP contribution < -0.4 is 0 Å². The highest BCUT2D eigenvalue weighted by Gasteiger charge is 2.30. The molecule has 0 bridgehead atoms. The standard InChI is InChI=1S/C81H144O17P2/c1-5-9-13-17-21-25-29-33-36-37-40-44-48-52-56-60-64-68-81(86)98-77(72-92-79(84)66-62-58-54-50-46-43-39-35-31-27-23-19-15-11-7-3)74-96-100(89,90)94-70-75(82)69-93-99(87,88)95-73-76(97-80(85)67-63-59-55-51-47-41-32-28-24-20-16-12-8-4)71-91-78(83)65-61-57-53-49-45-42-38-34-30-26-22-18-14-10-6-2/h21,23,25,27,33-36,38-40,44,52,56,75-77,82H,5-20,22,24,26,28-32,37,41-43,45-51,53-55,57-74H2,1-4H3,(H,87,88)(H,89,90)/b25-21-,27-23-,36-33-,38-34-,39-35-,44-40-,56-52-/t75-,76+,77+/m0/s1. The number of carbonyl (C=O) groups excluding carboxylic acids is 4. The molecule has 0 aromatic rings. The van der Waals surface area contributed by atoms with Gasteiger partial charge in [-0.1, -0.05) is 286 Å². The van der Waals surface area contributed by atoms with Gasteiger partial charge < -0.3 is 33.8 Å². The number of aliphatic hydroxyl groups excluding tert-OH is 1. The van der Waals surface area contributed by atoms with Crippen LogP contribution >= 0.6 is 15.6 Å². The molecule has 580 valence electrons. The Bertz CT molecular complexity index is 2230. The van der Waals surface area contributed by atoms with Crippen LogP contribution in [-0.2, 0) is 65.4 Å². The fourth-order valence-electron chi connectivity index (χ4n) is 10.7. The molecule has 0 fully saturated rings. The molecule has 0 saturated heterocycles. The molecule has 2 unspecified atom stereocenters. The molecule has 0 aliphatic carbocycles. The first-order chi connectivity index (χ1) is 48.7. The second kappa shape index (κ2) is 73.5. The molecule has 100 heavy (non-hydrogen) atoms. The quantitative estimate of drug-likeness (QED) is 0.0169. The van der Waals surface area contributed by atoms with Crippen LogP contribution in [-0.4, -0.2) is 96.7 Å². The Balaban J connectivity index is 5.40. The molecule has 0 rings (SSSR count). The van der Waals surface area contributed by atoms with E-state index in [0.29, 0.717) is 32.1 Å². The number of unbranched alkanes of at least 4 members (excludes halogenated alkanes) is 35. The molecule has 0 heterocycles. The van der Waals surface area contributed by atoms with E-state index in [4.69, 9.17) is 37.0 Å². The van der Waals surface area contributed by atoms with E-state index in [1.165, 1.54) is 128 Å². The average molecular weight is 1450 g/mol. The van der Waals surface area contributed by atoms with Crippen molar-refractivity contribution in [3.63, 3.8) is 0 Å². The Morgan fingerprint density at radius 2 is 0.500 bits per heavy atom. The number of aliphatic hydroxyl groups is 1. The molecule has 0 aliphatic rings. The molecule has 19 heteroatoms. The lowest BCUT2D eigenvalue weighted by Gasteiger charge is -2.21. The van der Waals surface area contributed by atoms with E-state index in [1.807, 2.05) is 12.2 Å². The van der Waals surface area contributed by atoms with Crippen LogP contribution in [0.3, 0.4) is 0 Å². The van der Waals surface area contributed by atoms with Crippen molar-refractivity contribution >= 4 is 39.5 Å². The highest BCUT2D eigenvalue weighted by atomic mass is 31.2. The van der Waals surface area contributed by atoms with Gasteiger partial charge in [-0.05, 0) is 122 Å². The first kappa shape index (κ1) is 96.2. The van der Waals surface area contributed by atoms with E-state index >= 15 is 0 Å². The van der Waals surface area contributed by atoms with Crippen molar-refractivity contribution < 1.29 is 80.2 Å². The van der Waals surface area contributed by atoms with Gasteiger partial charge in [-0.25, -0.2) is 9.13 Å². The van der Waals surface area contributed by atoms with Gasteiger partial charge in [0.05, 0.1) is 26.4 Å². The number of rotatable bonds is 75. The topological polar surface area (TPSA) is 237 Å². The van der Waals surface area contributed by atoms with Gasteiger partial charge in [0.25, 0.3) is 0 Å². The van der Waals surface area contributed by atoms with Crippen molar-refractivity contribution in [1.82, 2.24) is 0 Å². The fourth-order valence-corrected chi connectivity index (χ4v) is 12.3. The zero-order chi connectivity index (χ0) is 73.2. The van der Waals surface area contributed by atoms with Crippen LogP contribution in [0.5, 0.6) is 0 Å². The summed E-state index contributed by atoms with van der Waals surface area (Å²) in [7, 11) is -9.97. The summed E-state index contributed by atoms with van der Waals surface area (Å²) in [6, 6.07) is 0. The lowest BCUT2D eigenvalue weighted by molar-refractivity contribution is -0.161. The molecular formula is C81H144O17P2. The molecule has 0 aromatic carbocycles. The summed E-state index contributed by atoms with van der Waals surface area (Å²) in [5, 5.41) is 10.6. The van der Waals surface area contributed by atoms with Crippen molar-refractivity contribution in [3.8, 4) is 0 Å². The van der Waals surface area contributed by atoms with Crippen LogP contribution in [0, 0.1) is 0 Å². The smallest absolute Gasteiger partial charge is 0.462 e. The monoisotopic (exact) mass is 1450 g/mol. The van der Waals surface area contributed by atoms with Gasteiger partial charge in [-0.15, -0.1) is 0 Å². The molecule has 0 radical (unpaired) electrons. The number of hydrogen-bond donors (Lipinski definition) is 3. The minimum atomic E-state index is -4.99. The largest absolute Gasteiger partial charge is 0.472 e. The third-order valence-electron chi connectivity index (χ3n) is 16.8. The highest BCUT2D eigenvalue weighted by molar-refractivity contribution is 7.47. The van der Waals surface area contributed by atoms with Gasteiger partial charge in [0.15, 0.2) is 12.2 Å². The molecule has 0 aromatic heterocycles. The van der Waals surface area contributed by atoms with Gasteiger partial charge >= 0.3 is 39.5 Å². The number of esters is 4. The van der Waals surface area contributed by atoms with E-state index in [9.17, 15) is 43.2 Å². The number of allylic oxidation sites excluding steroid dienone is 14. The maximum atomic E-state index is 13.1. The zero-order valence-electron chi connectivity index (χ0n) is 63.4. The van der Waals surface area contributed by atoms with E-state index in [-0.39, 0.29) is 25.7 Å². The third-order valence-corrected chi connectivity index (χ3v) is 18.7. The first-order valence-electron chi connectivity index (χ1n) is 39.8. The third kappa shape index (κ3) is 72.6. The number of phosphoric acid groups is 2. The molecule has 0 spiro atoms. The normalized spacial score (nSPS) is 14.3. The summed E-state index contributed by atoms with van der Waals surface area (Å²) in [5.41, 5.74) is 0. The molecule has 0 saturated carbocycles. The fraction of sp³-hybridized carbons (Fsp3) is 0.778. The minimum absolute atomic E-state index is 0.0173. The van der Waals surface area contributed by atoms with Gasteiger partial charge in [0, 0.05) is 25.7 Å². The number of hydrogen-bond acceptors (Lipinski definition) is 15. The van der Waals surface area contributed by atoms with Crippen LogP contribution in [0.15, 0.2) is 85.1 Å². The number of carbonyl (C=O) groups is 4. The summed E-state index contributed by atoms with van der Waals surface area (Å²) >= 11 is 0. The van der Waals surface area contributed by atoms with Crippen LogP contribution in [0.25, 0.3) is 0 Å². The molecular weight excluding hydrogens is 1310 g/mol. The van der Waals surface area contributed by atoms with Gasteiger partial charge in [-0.3, -0.25) is 37.3 Å². The van der Waals surface area contributed by atoms with Crippen LogP contribution in [0.1, 0.15) is 349 Å². The van der Waals surface area contributed by atoms with E-state index in [1.54, 1.807) is 0 Å². The SMILES string of the molecule is CCCCC/C=C\C/C=C\C/C=C\C/C=C\CCCC(=O)O[C@H](COC(=O)CCCCCCC/C=C\C/C=C\CCCCC)COP(=O)(O)OC[C@@H](O)COP(=O)(O)OC[C@@H](COC(=O)CCCCCCC/C=C\CCCCCCCC)OC(=O)CCCCCCCCCCCCCCC. The Hall–Kier alpha value is -3.76. The lowest BCUT2D eigenvalue weighted by atomic mass is 10.0. The van der Waals surface area contributed by atoms with Gasteiger partial charge in [-0.2, -0.15) is 0 Å². The predicted octanol–water partition coefficient (Wildman–Crippen LogP) is 23.0. The Kier molecular flexibility index (Phi) is 70.8. The summed E-state index contributed by atoms with van der Waals surface area (Å²) in [5.74, 6) is -2.24. The molecule has 0 amide bonds. The average Bonchev–Trinajstić information content (AvgIpc) is 0.962. The Morgan fingerprint density at radius 3 is 0.820 bits per heavy atom. The minimum Gasteiger partial charge on any atom is -0.462 e.